The fourth-order valence-corrected chi connectivity index (χ4v) is 3.60. The van der Waals surface area contributed by atoms with Crippen LogP contribution in [0.3, 0.4) is 0 Å². The zero-order valence-electron chi connectivity index (χ0n) is 13.0. The van der Waals surface area contributed by atoms with Gasteiger partial charge in [0.05, 0.1) is 17.4 Å². The molecule has 7 heteroatoms. The number of aliphatic carboxylic acids is 1. The van der Waals surface area contributed by atoms with Crippen LogP contribution in [0.25, 0.3) is 0 Å². The van der Waals surface area contributed by atoms with Crippen LogP contribution in [-0.4, -0.2) is 42.6 Å². The maximum Gasteiger partial charge on any atom is 0.309 e. The van der Waals surface area contributed by atoms with Crippen molar-refractivity contribution < 1.29 is 28.6 Å². The van der Waals surface area contributed by atoms with E-state index in [0.29, 0.717) is 30.6 Å². The second-order valence-electron chi connectivity index (χ2n) is 6.56. The van der Waals surface area contributed by atoms with Gasteiger partial charge in [-0.15, -0.1) is 0 Å². The Morgan fingerprint density at radius 3 is 2.29 bits per heavy atom. The third-order valence-electron chi connectivity index (χ3n) is 4.90. The monoisotopic (exact) mass is 335 g/mol. The predicted octanol–water partition coefficient (Wildman–Crippen LogP) is 1.59. The number of hydrogen-bond donors (Lipinski definition) is 2. The highest BCUT2D eigenvalue weighted by atomic mass is 19.1. The first-order chi connectivity index (χ1) is 11.4. The van der Waals surface area contributed by atoms with E-state index in [1.54, 1.807) is 24.3 Å². The number of ether oxygens (including phenoxy) is 1. The number of nitrogens with one attached hydrogen (secondary N) is 1. The SMILES string of the molecule is O=C(CNC(=O)C12CC(C(=O)O)(C1)C2)c1ccc(OCCF)cc1. The Balaban J connectivity index is 1.48. The number of Topliss-reactive ketones (excluding diaryl/α,β-unsaturated/α-hetero) is 1. The summed E-state index contributed by atoms with van der Waals surface area (Å²) in [5.41, 5.74) is -0.887. The Kier molecular flexibility index (Phi) is 4.03. The molecule has 0 saturated heterocycles. The number of carboxylic acids is 1. The number of amides is 1. The summed E-state index contributed by atoms with van der Waals surface area (Å²) < 4.78 is 17.1. The van der Waals surface area contributed by atoms with Crippen LogP contribution in [0.15, 0.2) is 24.3 Å². The number of carbonyl (C=O) groups is 3. The lowest BCUT2D eigenvalue weighted by Crippen LogP contribution is -2.70. The van der Waals surface area contributed by atoms with Crippen LogP contribution in [0.1, 0.15) is 29.6 Å². The largest absolute Gasteiger partial charge is 0.491 e. The normalized spacial score (nSPS) is 26.7. The summed E-state index contributed by atoms with van der Waals surface area (Å²) in [7, 11) is 0. The summed E-state index contributed by atoms with van der Waals surface area (Å²) in [6, 6.07) is 6.26. The Hall–Kier alpha value is -2.44. The van der Waals surface area contributed by atoms with E-state index in [1.165, 1.54) is 0 Å². The van der Waals surface area contributed by atoms with E-state index in [1.807, 2.05) is 0 Å². The van der Waals surface area contributed by atoms with E-state index in [2.05, 4.69) is 5.32 Å². The van der Waals surface area contributed by atoms with Crippen molar-refractivity contribution in [3.05, 3.63) is 29.8 Å². The van der Waals surface area contributed by atoms with Crippen LogP contribution in [0.4, 0.5) is 4.39 Å². The fraction of sp³-hybridized carbons (Fsp3) is 0.471. The molecule has 0 atom stereocenters. The van der Waals surface area contributed by atoms with Crippen LogP contribution in [-0.2, 0) is 9.59 Å². The summed E-state index contributed by atoms with van der Waals surface area (Å²) in [5.74, 6) is -0.869. The van der Waals surface area contributed by atoms with Crippen molar-refractivity contribution in [1.82, 2.24) is 5.32 Å². The zero-order chi connectivity index (χ0) is 17.4. The summed E-state index contributed by atoms with van der Waals surface area (Å²) in [5, 5.41) is 11.7. The molecule has 1 aromatic carbocycles. The van der Waals surface area contributed by atoms with Crippen molar-refractivity contribution in [1.29, 1.82) is 0 Å². The van der Waals surface area contributed by atoms with Gasteiger partial charge in [-0.25, -0.2) is 4.39 Å². The van der Waals surface area contributed by atoms with Crippen molar-refractivity contribution in [2.75, 3.05) is 19.8 Å². The highest BCUT2D eigenvalue weighted by Crippen LogP contribution is 2.73. The second kappa shape index (κ2) is 5.89. The molecule has 6 nitrogen and oxygen atoms in total. The number of ketones is 1. The van der Waals surface area contributed by atoms with Gasteiger partial charge in [-0.05, 0) is 43.5 Å². The van der Waals surface area contributed by atoms with Crippen LogP contribution in [0.2, 0.25) is 0 Å². The first kappa shape index (κ1) is 16.4. The lowest BCUT2D eigenvalue weighted by molar-refractivity contribution is -0.220. The Bertz CT molecular complexity index is 665. The van der Waals surface area contributed by atoms with Crippen molar-refractivity contribution in [3.63, 3.8) is 0 Å². The van der Waals surface area contributed by atoms with E-state index in [4.69, 9.17) is 9.84 Å². The van der Waals surface area contributed by atoms with E-state index >= 15 is 0 Å². The standard InChI is InChI=1S/C17H18FNO5/c18-5-6-24-12-3-1-11(2-4-12)13(20)7-19-14(21)16-8-17(9-16,10-16)15(22)23/h1-4H,5-10H2,(H,19,21)(H,22,23). The quantitative estimate of drug-likeness (QED) is 0.704. The summed E-state index contributed by atoms with van der Waals surface area (Å²) >= 11 is 0. The molecule has 0 unspecified atom stereocenters. The summed E-state index contributed by atoms with van der Waals surface area (Å²) in [6.45, 7) is -0.758. The molecule has 0 aliphatic heterocycles. The van der Waals surface area contributed by atoms with E-state index in [0.717, 1.165) is 0 Å². The van der Waals surface area contributed by atoms with Crippen LogP contribution in [0, 0.1) is 10.8 Å². The minimum Gasteiger partial charge on any atom is -0.491 e. The number of halogens is 1. The molecule has 3 aliphatic rings. The van der Waals surface area contributed by atoms with Crippen molar-refractivity contribution in [2.45, 2.75) is 19.3 Å². The van der Waals surface area contributed by atoms with Gasteiger partial charge < -0.3 is 15.2 Å². The molecule has 24 heavy (non-hydrogen) atoms. The molecule has 1 amide bonds. The van der Waals surface area contributed by atoms with Crippen molar-refractivity contribution >= 4 is 17.7 Å². The second-order valence-corrected chi connectivity index (χ2v) is 6.56. The smallest absolute Gasteiger partial charge is 0.309 e. The molecule has 3 saturated carbocycles. The van der Waals surface area contributed by atoms with Crippen LogP contribution in [0.5, 0.6) is 5.75 Å². The van der Waals surface area contributed by atoms with E-state index < -0.39 is 23.5 Å². The minimum atomic E-state index is -0.844. The molecule has 0 radical (unpaired) electrons. The summed E-state index contributed by atoms with van der Waals surface area (Å²) in [6.07, 6.45) is 1.07. The molecule has 4 rings (SSSR count). The first-order valence-corrected chi connectivity index (χ1v) is 7.75. The molecular weight excluding hydrogens is 317 g/mol. The van der Waals surface area contributed by atoms with Crippen molar-refractivity contribution in [2.24, 2.45) is 10.8 Å². The van der Waals surface area contributed by atoms with Gasteiger partial charge in [0.25, 0.3) is 0 Å². The van der Waals surface area contributed by atoms with Gasteiger partial charge in [0.1, 0.15) is 19.0 Å². The Labute approximate surface area is 138 Å². The number of benzene rings is 1. The number of alkyl halides is 1. The predicted molar refractivity (Wildman–Crippen MR) is 81.6 cm³/mol. The average Bonchev–Trinajstić information content (AvgIpc) is 2.48. The third-order valence-corrected chi connectivity index (χ3v) is 4.90. The Morgan fingerprint density at radius 2 is 1.75 bits per heavy atom. The maximum absolute atomic E-state index is 12.1. The molecule has 128 valence electrons. The molecule has 0 aromatic heterocycles. The number of rotatable bonds is 8. The van der Waals surface area contributed by atoms with Gasteiger partial charge in [0.2, 0.25) is 5.91 Å². The Morgan fingerprint density at radius 1 is 1.12 bits per heavy atom. The zero-order valence-corrected chi connectivity index (χ0v) is 13.0. The van der Waals surface area contributed by atoms with Gasteiger partial charge >= 0.3 is 5.97 Å². The number of carbonyl (C=O) groups excluding carboxylic acids is 2. The van der Waals surface area contributed by atoms with Gasteiger partial charge in [-0.1, -0.05) is 0 Å². The maximum atomic E-state index is 12.1. The number of carboxylic acid groups (broad SMARTS) is 1. The average molecular weight is 335 g/mol. The lowest BCUT2D eigenvalue weighted by atomic mass is 9.35. The van der Waals surface area contributed by atoms with Gasteiger partial charge in [-0.2, -0.15) is 0 Å². The van der Waals surface area contributed by atoms with E-state index in [-0.39, 0.29) is 24.8 Å². The minimum absolute atomic E-state index is 0.0384. The third kappa shape index (κ3) is 2.64. The molecule has 0 spiro atoms. The highest BCUT2D eigenvalue weighted by molar-refractivity contribution is 6.01. The topological polar surface area (TPSA) is 92.7 Å². The van der Waals surface area contributed by atoms with Crippen LogP contribution < -0.4 is 10.1 Å². The molecule has 1 aromatic rings. The molecule has 2 N–H and O–H groups in total. The molecule has 0 heterocycles. The molecular formula is C17H18FNO5. The number of hydrogen-bond acceptors (Lipinski definition) is 4. The van der Waals surface area contributed by atoms with Crippen LogP contribution >= 0.6 is 0 Å². The van der Waals surface area contributed by atoms with Crippen molar-refractivity contribution in [3.8, 4) is 5.75 Å². The van der Waals surface area contributed by atoms with Gasteiger partial charge in [0, 0.05) is 5.56 Å². The molecule has 3 fully saturated rings. The first-order valence-electron chi connectivity index (χ1n) is 7.75. The lowest BCUT2D eigenvalue weighted by Gasteiger charge is -2.66. The van der Waals surface area contributed by atoms with Gasteiger partial charge in [0.15, 0.2) is 5.78 Å². The van der Waals surface area contributed by atoms with E-state index in [9.17, 15) is 18.8 Å². The summed E-state index contributed by atoms with van der Waals surface area (Å²) in [4.78, 5) is 35.3. The highest BCUT2D eigenvalue weighted by Gasteiger charge is 2.75. The molecule has 3 aliphatic carbocycles. The molecule has 2 bridgehead atoms. The fourth-order valence-electron chi connectivity index (χ4n) is 3.60. The van der Waals surface area contributed by atoms with Gasteiger partial charge in [-0.3, -0.25) is 14.4 Å².